The molecule has 10 atom stereocenters. The second-order valence-electron chi connectivity index (χ2n) is 18.0. The first-order valence-corrected chi connectivity index (χ1v) is 24.8. The van der Waals surface area contributed by atoms with Crippen LogP contribution in [0.4, 0.5) is 0 Å². The lowest BCUT2D eigenvalue weighted by atomic mass is 9.96. The lowest BCUT2D eigenvalue weighted by Crippen LogP contribution is -2.66. The molecule has 2 saturated heterocycles. The van der Waals surface area contributed by atoms with Gasteiger partial charge in [-0.2, -0.15) is 0 Å². The maximum absolute atomic E-state index is 12.3. The Morgan fingerprint density at radius 2 is 0.556 bits per heavy atom. The third-order valence-electron chi connectivity index (χ3n) is 12.7. The zero-order valence-electron chi connectivity index (χ0n) is 40.4. The Bertz CT molecular complexity index is 2550. The Kier molecular flexibility index (Phi) is 19.3. The highest BCUT2D eigenvalue weighted by atomic mass is 16.8. The third kappa shape index (κ3) is 14.8. The van der Waals surface area contributed by atoms with E-state index in [0.717, 1.165) is 38.9 Å². The van der Waals surface area contributed by atoms with E-state index in [-0.39, 0.29) is 46.2 Å². The van der Waals surface area contributed by atoms with Gasteiger partial charge in [0.05, 0.1) is 59.5 Å². The van der Waals surface area contributed by atoms with E-state index in [1.54, 1.807) is 0 Å². The monoisotopic (exact) mass is 972 g/mol. The van der Waals surface area contributed by atoms with Crippen molar-refractivity contribution in [2.45, 2.75) is 108 Å². The molecule has 0 radical (unpaired) electrons. The number of aliphatic hydroxyl groups excluding tert-OH is 1. The van der Waals surface area contributed by atoms with Crippen LogP contribution in [-0.2, 0) is 93.6 Å². The highest BCUT2D eigenvalue weighted by Gasteiger charge is 2.54. The molecule has 0 aromatic heterocycles. The molecule has 1 N–H and O–H groups in total. The SMILES string of the molecule is O[C@H]1O[C@H](COCc2ccccc2)[C@@H](OCc2ccccc2)[C@H](OCc2ccccc2)[C@H]1O[C@H]1O[C@H](COCc2ccccc2)[C@@H](OCc2ccccc2)[C@H](OCc2ccccc2)[C@H]1OCc1ccccc1. The second-order valence-corrected chi connectivity index (χ2v) is 18.0. The molecule has 0 saturated carbocycles. The molecule has 7 aromatic carbocycles. The fraction of sp³-hybridized carbons (Fsp3) is 0.311. The maximum Gasteiger partial charge on any atom is 0.187 e. The van der Waals surface area contributed by atoms with Gasteiger partial charge in [0.1, 0.15) is 48.8 Å². The zero-order valence-corrected chi connectivity index (χ0v) is 40.4. The van der Waals surface area contributed by atoms with Crippen LogP contribution in [0.2, 0.25) is 0 Å². The summed E-state index contributed by atoms with van der Waals surface area (Å²) < 4.78 is 68.3. The molecule has 374 valence electrons. The number of aliphatic hydroxyl groups is 1. The quantitative estimate of drug-likeness (QED) is 0.0591. The van der Waals surface area contributed by atoms with E-state index in [1.165, 1.54) is 0 Å². The van der Waals surface area contributed by atoms with Crippen molar-refractivity contribution in [1.82, 2.24) is 0 Å². The largest absolute Gasteiger partial charge is 0.374 e. The topological polar surface area (TPSA) is 113 Å². The van der Waals surface area contributed by atoms with Crippen LogP contribution in [0.1, 0.15) is 38.9 Å². The van der Waals surface area contributed by atoms with Gasteiger partial charge in [0, 0.05) is 0 Å². The van der Waals surface area contributed by atoms with Gasteiger partial charge < -0.3 is 52.5 Å². The first kappa shape index (κ1) is 51.0. The van der Waals surface area contributed by atoms with E-state index >= 15 is 0 Å². The first-order chi connectivity index (χ1) is 35.6. The minimum absolute atomic E-state index is 0.0999. The number of rotatable bonds is 25. The fourth-order valence-corrected chi connectivity index (χ4v) is 8.98. The number of benzene rings is 7. The summed E-state index contributed by atoms with van der Waals surface area (Å²) in [6, 6.07) is 69.6. The van der Waals surface area contributed by atoms with Crippen LogP contribution in [0.5, 0.6) is 0 Å². The molecule has 2 fully saturated rings. The standard InChI is InChI=1S/C61H64O11/c62-60-58(56(67-40-49-30-16-5-17-31-49)54(65-38-47-26-12-3-13-27-47)52(70-60)43-63-36-45-22-8-1-9-23-45)72-61-59(69-42-51-34-20-7-21-35-51)57(68-41-50-32-18-6-19-33-50)55(66-39-48-28-14-4-15-29-48)53(71-61)44-64-37-46-24-10-2-11-25-46/h1-35,52-62H,36-44H2/t52-,53-,54-,55-,56+,57+,58-,59-,60+,61-/m1/s1. The summed E-state index contributed by atoms with van der Waals surface area (Å²) >= 11 is 0. The fourth-order valence-electron chi connectivity index (χ4n) is 8.98. The average Bonchev–Trinajstić information content (AvgIpc) is 3.43. The van der Waals surface area contributed by atoms with Gasteiger partial charge >= 0.3 is 0 Å². The molecule has 11 heteroatoms. The summed E-state index contributed by atoms with van der Waals surface area (Å²) in [7, 11) is 0. The summed E-state index contributed by atoms with van der Waals surface area (Å²) in [5.41, 5.74) is 6.77. The lowest BCUT2D eigenvalue weighted by Gasteiger charge is -2.49. The van der Waals surface area contributed by atoms with E-state index in [4.69, 9.17) is 47.4 Å². The molecule has 2 heterocycles. The van der Waals surface area contributed by atoms with Gasteiger partial charge in [0.2, 0.25) is 0 Å². The minimum Gasteiger partial charge on any atom is -0.374 e. The van der Waals surface area contributed by atoms with Crippen LogP contribution in [0.3, 0.4) is 0 Å². The van der Waals surface area contributed by atoms with Crippen molar-refractivity contribution in [2.24, 2.45) is 0 Å². The summed E-state index contributed by atoms with van der Waals surface area (Å²) in [4.78, 5) is 0. The minimum atomic E-state index is -1.52. The third-order valence-corrected chi connectivity index (χ3v) is 12.7. The molecule has 2 aliphatic heterocycles. The van der Waals surface area contributed by atoms with E-state index in [0.29, 0.717) is 13.2 Å². The van der Waals surface area contributed by atoms with Gasteiger partial charge in [0.25, 0.3) is 0 Å². The van der Waals surface area contributed by atoms with Crippen LogP contribution in [0.15, 0.2) is 212 Å². The van der Waals surface area contributed by atoms with Gasteiger partial charge in [-0.15, -0.1) is 0 Å². The first-order valence-electron chi connectivity index (χ1n) is 24.8. The molecule has 72 heavy (non-hydrogen) atoms. The van der Waals surface area contributed by atoms with Crippen LogP contribution in [-0.4, -0.2) is 79.7 Å². The second kappa shape index (κ2) is 27.2. The molecule has 7 aromatic rings. The molecule has 11 nitrogen and oxygen atoms in total. The van der Waals surface area contributed by atoms with Crippen molar-refractivity contribution >= 4 is 0 Å². The molecule has 0 bridgehead atoms. The van der Waals surface area contributed by atoms with E-state index in [1.807, 2.05) is 212 Å². The highest BCUT2D eigenvalue weighted by Crippen LogP contribution is 2.36. The number of ether oxygens (including phenoxy) is 10. The van der Waals surface area contributed by atoms with Crippen molar-refractivity contribution in [3.05, 3.63) is 251 Å². The summed E-state index contributed by atoms with van der Waals surface area (Å²) in [5.74, 6) is 0. The van der Waals surface area contributed by atoms with E-state index < -0.39 is 61.4 Å². The van der Waals surface area contributed by atoms with Gasteiger partial charge in [-0.1, -0.05) is 212 Å². The maximum atomic E-state index is 12.3. The Hall–Kier alpha value is -5.90. The summed E-state index contributed by atoms with van der Waals surface area (Å²) in [5, 5.41) is 12.3. The summed E-state index contributed by atoms with van der Waals surface area (Å²) in [6.45, 7) is 2.01. The molecule has 9 rings (SSSR count). The molecule has 0 unspecified atom stereocenters. The number of hydrogen-bond acceptors (Lipinski definition) is 11. The van der Waals surface area contributed by atoms with Gasteiger partial charge in [-0.25, -0.2) is 0 Å². The molecule has 2 aliphatic rings. The Morgan fingerprint density at radius 1 is 0.292 bits per heavy atom. The smallest absolute Gasteiger partial charge is 0.187 e. The van der Waals surface area contributed by atoms with Crippen LogP contribution in [0.25, 0.3) is 0 Å². The lowest BCUT2D eigenvalue weighted by molar-refractivity contribution is -0.379. The predicted octanol–water partition coefficient (Wildman–Crippen LogP) is 10.2. The number of hydrogen-bond donors (Lipinski definition) is 1. The van der Waals surface area contributed by atoms with Crippen LogP contribution >= 0.6 is 0 Å². The predicted molar refractivity (Wildman–Crippen MR) is 272 cm³/mol. The molecule has 0 amide bonds. The van der Waals surface area contributed by atoms with Crippen molar-refractivity contribution in [1.29, 1.82) is 0 Å². The summed E-state index contributed by atoms with van der Waals surface area (Å²) in [6.07, 6.45) is -9.48. The van der Waals surface area contributed by atoms with Crippen LogP contribution < -0.4 is 0 Å². The van der Waals surface area contributed by atoms with Crippen molar-refractivity contribution in [2.75, 3.05) is 13.2 Å². The average molecular weight is 973 g/mol. The molecular weight excluding hydrogens is 909 g/mol. The van der Waals surface area contributed by atoms with Crippen LogP contribution in [0, 0.1) is 0 Å². The molecule has 0 spiro atoms. The zero-order chi connectivity index (χ0) is 49.0. The Balaban J connectivity index is 1.07. The van der Waals surface area contributed by atoms with Gasteiger partial charge in [-0.3, -0.25) is 0 Å². The van der Waals surface area contributed by atoms with E-state index in [2.05, 4.69) is 0 Å². The normalized spacial score (nSPS) is 24.2. The molecule has 0 aliphatic carbocycles. The van der Waals surface area contributed by atoms with Gasteiger partial charge in [-0.05, 0) is 38.9 Å². The van der Waals surface area contributed by atoms with Crippen molar-refractivity contribution in [3.8, 4) is 0 Å². The molecular formula is C61H64O11. The Morgan fingerprint density at radius 3 is 0.889 bits per heavy atom. The Labute approximate surface area is 423 Å². The van der Waals surface area contributed by atoms with Crippen molar-refractivity contribution in [3.63, 3.8) is 0 Å². The van der Waals surface area contributed by atoms with Gasteiger partial charge in [0.15, 0.2) is 12.6 Å². The van der Waals surface area contributed by atoms with Crippen molar-refractivity contribution < 1.29 is 52.5 Å². The highest BCUT2D eigenvalue weighted by molar-refractivity contribution is 5.19. The van der Waals surface area contributed by atoms with E-state index in [9.17, 15) is 5.11 Å².